The minimum atomic E-state index is -0.539. The maximum absolute atomic E-state index is 11.5. The Kier molecular flexibility index (Phi) is 3.64. The zero-order valence-electron chi connectivity index (χ0n) is 11.6. The van der Waals surface area contributed by atoms with Crippen molar-refractivity contribution in [1.82, 2.24) is 9.97 Å². The lowest BCUT2D eigenvalue weighted by atomic mass is 10.1. The molecule has 1 aliphatic rings. The number of aromatic nitrogens is 2. The zero-order chi connectivity index (χ0) is 14.7. The van der Waals surface area contributed by atoms with Gasteiger partial charge in [0.25, 0.3) is 5.91 Å². The minimum Gasteiger partial charge on any atom is -0.364 e. The Balaban J connectivity index is 2.06. The summed E-state index contributed by atoms with van der Waals surface area (Å²) in [4.78, 5) is 22.4. The third-order valence-corrected chi connectivity index (χ3v) is 3.38. The summed E-state index contributed by atoms with van der Waals surface area (Å²) in [6.07, 6.45) is 5.16. The first-order valence-electron chi connectivity index (χ1n) is 6.88. The molecule has 1 aromatic heterocycles. The van der Waals surface area contributed by atoms with E-state index in [9.17, 15) is 4.79 Å². The molecular weight excluding hydrogens is 264 g/mol. The zero-order valence-corrected chi connectivity index (χ0v) is 11.6. The molecule has 2 N–H and O–H groups in total. The maximum atomic E-state index is 11.5. The summed E-state index contributed by atoms with van der Waals surface area (Å²) >= 11 is 0. The van der Waals surface area contributed by atoms with E-state index in [0.29, 0.717) is 11.6 Å². The van der Waals surface area contributed by atoms with Crippen LogP contribution in [0.25, 0.3) is 11.3 Å². The van der Waals surface area contributed by atoms with E-state index in [4.69, 9.17) is 5.73 Å². The molecule has 5 heteroatoms. The van der Waals surface area contributed by atoms with E-state index in [2.05, 4.69) is 22.1 Å². The van der Waals surface area contributed by atoms with Crippen molar-refractivity contribution in [3.63, 3.8) is 0 Å². The fraction of sp³-hybridized carbons (Fsp3) is 0.188. The average Bonchev–Trinajstić information content (AvgIpc) is 2.56. The number of rotatable bonds is 3. The van der Waals surface area contributed by atoms with E-state index in [1.807, 2.05) is 35.2 Å². The predicted molar refractivity (Wildman–Crippen MR) is 82.0 cm³/mol. The molecule has 21 heavy (non-hydrogen) atoms. The summed E-state index contributed by atoms with van der Waals surface area (Å²) in [6.45, 7) is 1.59. The molecule has 0 bridgehead atoms. The Hall–Kier alpha value is -2.69. The molecular formula is C16H16N4O. The Morgan fingerprint density at radius 2 is 1.95 bits per heavy atom. The number of primary amides is 1. The summed E-state index contributed by atoms with van der Waals surface area (Å²) in [5.41, 5.74) is 7.29. The quantitative estimate of drug-likeness (QED) is 0.873. The van der Waals surface area contributed by atoms with E-state index in [1.54, 1.807) is 6.07 Å². The van der Waals surface area contributed by atoms with Crippen LogP contribution in [0.2, 0.25) is 0 Å². The average molecular weight is 280 g/mol. The molecule has 0 saturated carbocycles. The molecule has 5 nitrogen and oxygen atoms in total. The Labute approximate surface area is 123 Å². The lowest BCUT2D eigenvalue weighted by Crippen LogP contribution is -2.29. The third-order valence-electron chi connectivity index (χ3n) is 3.38. The van der Waals surface area contributed by atoms with Crippen molar-refractivity contribution in [2.75, 3.05) is 18.0 Å². The van der Waals surface area contributed by atoms with Crippen LogP contribution in [0.3, 0.4) is 0 Å². The SMILES string of the molecule is NC(=O)c1cc(-c2ccccc2)nc(N2CC=CCC2)n1. The molecule has 0 fully saturated rings. The van der Waals surface area contributed by atoms with E-state index < -0.39 is 5.91 Å². The first kappa shape index (κ1) is 13.3. The van der Waals surface area contributed by atoms with Crippen molar-refractivity contribution in [1.29, 1.82) is 0 Å². The topological polar surface area (TPSA) is 72.1 Å². The fourth-order valence-corrected chi connectivity index (χ4v) is 2.28. The molecule has 3 rings (SSSR count). The van der Waals surface area contributed by atoms with Crippen molar-refractivity contribution < 1.29 is 4.79 Å². The number of nitrogens with two attached hydrogens (primary N) is 1. The van der Waals surface area contributed by atoms with Gasteiger partial charge in [-0.25, -0.2) is 9.97 Å². The molecule has 2 heterocycles. The van der Waals surface area contributed by atoms with Gasteiger partial charge in [-0.15, -0.1) is 0 Å². The number of benzene rings is 1. The second kappa shape index (κ2) is 5.75. The van der Waals surface area contributed by atoms with Crippen LogP contribution in [-0.4, -0.2) is 29.0 Å². The van der Waals surface area contributed by atoms with Crippen LogP contribution >= 0.6 is 0 Å². The number of hydrogen-bond donors (Lipinski definition) is 1. The van der Waals surface area contributed by atoms with Crippen LogP contribution in [-0.2, 0) is 0 Å². The summed E-state index contributed by atoms with van der Waals surface area (Å²) in [5, 5.41) is 0. The summed E-state index contributed by atoms with van der Waals surface area (Å²) in [5.74, 6) is 0.0119. The van der Waals surface area contributed by atoms with Gasteiger partial charge in [-0.1, -0.05) is 42.5 Å². The number of nitrogens with zero attached hydrogens (tertiary/aromatic N) is 3. The molecule has 0 saturated heterocycles. The van der Waals surface area contributed by atoms with Gasteiger partial charge in [0.15, 0.2) is 0 Å². The Morgan fingerprint density at radius 3 is 2.62 bits per heavy atom. The van der Waals surface area contributed by atoms with Gasteiger partial charge in [-0.2, -0.15) is 0 Å². The molecule has 0 unspecified atom stereocenters. The van der Waals surface area contributed by atoms with Gasteiger partial charge < -0.3 is 10.6 Å². The van der Waals surface area contributed by atoms with Crippen LogP contribution in [0.15, 0.2) is 48.6 Å². The molecule has 1 aromatic carbocycles. The van der Waals surface area contributed by atoms with Crippen LogP contribution < -0.4 is 10.6 Å². The van der Waals surface area contributed by atoms with Crippen LogP contribution in [0.4, 0.5) is 5.95 Å². The van der Waals surface area contributed by atoms with Crippen molar-refractivity contribution in [2.45, 2.75) is 6.42 Å². The van der Waals surface area contributed by atoms with Gasteiger partial charge in [-0.05, 0) is 12.5 Å². The van der Waals surface area contributed by atoms with E-state index >= 15 is 0 Å². The number of anilines is 1. The number of carbonyl (C=O) groups excluding carboxylic acids is 1. The van der Waals surface area contributed by atoms with Crippen molar-refractivity contribution in [2.24, 2.45) is 5.73 Å². The molecule has 106 valence electrons. The molecule has 0 spiro atoms. The number of amides is 1. The van der Waals surface area contributed by atoms with Crippen LogP contribution in [0, 0.1) is 0 Å². The summed E-state index contributed by atoms with van der Waals surface area (Å²) in [6, 6.07) is 11.4. The second-order valence-electron chi connectivity index (χ2n) is 4.87. The molecule has 0 aliphatic carbocycles. The third kappa shape index (κ3) is 2.91. The molecule has 1 amide bonds. The first-order chi connectivity index (χ1) is 10.2. The van der Waals surface area contributed by atoms with E-state index in [1.165, 1.54) is 0 Å². The van der Waals surface area contributed by atoms with Crippen molar-refractivity contribution in [3.8, 4) is 11.3 Å². The lowest BCUT2D eigenvalue weighted by Gasteiger charge is -2.24. The standard InChI is InChI=1S/C16H16N4O/c17-15(21)14-11-13(12-7-3-1-4-8-12)18-16(19-14)20-9-5-2-6-10-20/h1-5,7-8,11H,6,9-10H2,(H2,17,21). The molecule has 0 radical (unpaired) electrons. The monoisotopic (exact) mass is 280 g/mol. The second-order valence-corrected chi connectivity index (χ2v) is 4.87. The predicted octanol–water partition coefficient (Wildman–Crippen LogP) is 2.01. The highest BCUT2D eigenvalue weighted by Gasteiger charge is 2.15. The van der Waals surface area contributed by atoms with Crippen LogP contribution in [0.1, 0.15) is 16.9 Å². The van der Waals surface area contributed by atoms with Gasteiger partial charge in [0, 0.05) is 18.7 Å². The summed E-state index contributed by atoms with van der Waals surface area (Å²) in [7, 11) is 0. The van der Waals surface area contributed by atoms with E-state index in [-0.39, 0.29) is 5.69 Å². The van der Waals surface area contributed by atoms with Gasteiger partial charge in [0.1, 0.15) is 5.69 Å². The lowest BCUT2D eigenvalue weighted by molar-refractivity contribution is 0.0995. The molecule has 1 aliphatic heterocycles. The normalized spacial score (nSPS) is 14.2. The molecule has 2 aromatic rings. The first-order valence-corrected chi connectivity index (χ1v) is 6.88. The smallest absolute Gasteiger partial charge is 0.267 e. The minimum absolute atomic E-state index is 0.244. The van der Waals surface area contributed by atoms with Gasteiger partial charge in [0.2, 0.25) is 5.95 Å². The van der Waals surface area contributed by atoms with Gasteiger partial charge in [0.05, 0.1) is 5.69 Å². The van der Waals surface area contributed by atoms with Crippen molar-refractivity contribution >= 4 is 11.9 Å². The Morgan fingerprint density at radius 1 is 1.14 bits per heavy atom. The highest BCUT2D eigenvalue weighted by molar-refractivity contribution is 5.92. The van der Waals surface area contributed by atoms with Crippen molar-refractivity contribution in [3.05, 3.63) is 54.2 Å². The highest BCUT2D eigenvalue weighted by Crippen LogP contribution is 2.21. The fourth-order valence-electron chi connectivity index (χ4n) is 2.28. The van der Waals surface area contributed by atoms with Gasteiger partial charge in [-0.3, -0.25) is 4.79 Å². The molecule has 0 atom stereocenters. The number of hydrogen-bond acceptors (Lipinski definition) is 4. The number of carbonyl (C=O) groups is 1. The maximum Gasteiger partial charge on any atom is 0.267 e. The van der Waals surface area contributed by atoms with E-state index in [0.717, 1.165) is 25.1 Å². The Bertz CT molecular complexity index is 682. The highest BCUT2D eigenvalue weighted by atomic mass is 16.1. The summed E-state index contributed by atoms with van der Waals surface area (Å²) < 4.78 is 0. The largest absolute Gasteiger partial charge is 0.364 e. The van der Waals surface area contributed by atoms with Crippen LogP contribution in [0.5, 0.6) is 0 Å². The van der Waals surface area contributed by atoms with Gasteiger partial charge >= 0.3 is 0 Å².